The highest BCUT2D eigenvalue weighted by atomic mass is 35.5. The second kappa shape index (κ2) is 6.67. The number of rotatable bonds is 6. The Balaban J connectivity index is 2.22. The lowest BCUT2D eigenvalue weighted by Gasteiger charge is -2.42. The Morgan fingerprint density at radius 1 is 1.33 bits per heavy atom. The van der Waals surface area contributed by atoms with Gasteiger partial charge in [0.05, 0.1) is 16.4 Å². The zero-order valence-corrected chi connectivity index (χ0v) is 14.8. The molecule has 4 nitrogen and oxygen atoms in total. The highest BCUT2D eigenvalue weighted by Gasteiger charge is 2.36. The summed E-state index contributed by atoms with van der Waals surface area (Å²) in [6, 6.07) is 0.356. The van der Waals surface area contributed by atoms with Crippen molar-refractivity contribution in [1.82, 2.24) is 20.0 Å². The first-order chi connectivity index (χ1) is 9.91. The van der Waals surface area contributed by atoms with Crippen molar-refractivity contribution in [3.05, 3.63) is 16.4 Å². The molecule has 1 aromatic rings. The number of halogens is 1. The highest BCUT2D eigenvalue weighted by Crippen LogP contribution is 2.29. The number of nitrogens with one attached hydrogen (secondary N) is 1. The van der Waals surface area contributed by atoms with Crippen LogP contribution in [0.5, 0.6) is 0 Å². The van der Waals surface area contributed by atoms with Crippen LogP contribution < -0.4 is 5.32 Å². The van der Waals surface area contributed by atoms with Crippen molar-refractivity contribution in [2.75, 3.05) is 20.1 Å². The number of aromatic nitrogens is 2. The normalized spacial score (nSPS) is 18.4. The number of likely N-dealkylation sites (tertiary alicyclic amines) is 1. The second-order valence-corrected chi connectivity index (χ2v) is 6.93. The minimum atomic E-state index is 0.116. The zero-order valence-electron chi connectivity index (χ0n) is 14.0. The zero-order chi connectivity index (χ0) is 15.6. The summed E-state index contributed by atoms with van der Waals surface area (Å²) < 4.78 is 2.04. The molecule has 1 aliphatic heterocycles. The van der Waals surface area contributed by atoms with E-state index in [1.54, 1.807) is 0 Å². The Morgan fingerprint density at radius 3 is 2.48 bits per heavy atom. The van der Waals surface area contributed by atoms with E-state index >= 15 is 0 Å². The molecule has 1 unspecified atom stereocenters. The largest absolute Gasteiger partial charge is 0.315 e. The monoisotopic (exact) mass is 312 g/mol. The van der Waals surface area contributed by atoms with Crippen molar-refractivity contribution in [3.63, 3.8) is 0 Å². The fraction of sp³-hybridized carbons (Fsp3) is 0.812. The van der Waals surface area contributed by atoms with Crippen LogP contribution in [0.3, 0.4) is 0 Å². The Bertz CT molecular complexity index is 475. The van der Waals surface area contributed by atoms with Crippen molar-refractivity contribution in [2.24, 2.45) is 0 Å². The van der Waals surface area contributed by atoms with Gasteiger partial charge < -0.3 is 5.32 Å². The van der Waals surface area contributed by atoms with Gasteiger partial charge in [-0.15, -0.1) is 0 Å². The molecule has 1 aromatic heterocycles. The molecular weight excluding hydrogens is 284 g/mol. The molecule has 1 N–H and O–H groups in total. The second-order valence-electron chi connectivity index (χ2n) is 6.56. The van der Waals surface area contributed by atoms with E-state index in [2.05, 4.69) is 43.1 Å². The van der Waals surface area contributed by atoms with Crippen LogP contribution in [-0.2, 0) is 13.0 Å². The summed E-state index contributed by atoms with van der Waals surface area (Å²) in [4.78, 5) is 2.60. The summed E-state index contributed by atoms with van der Waals surface area (Å²) in [5.74, 6) is 0. The maximum atomic E-state index is 6.48. The van der Waals surface area contributed by atoms with Gasteiger partial charge in [-0.1, -0.05) is 11.6 Å². The van der Waals surface area contributed by atoms with E-state index in [4.69, 9.17) is 11.6 Å². The maximum absolute atomic E-state index is 6.48. The first-order valence-electron chi connectivity index (χ1n) is 8.05. The first kappa shape index (κ1) is 16.8. The predicted molar refractivity (Wildman–Crippen MR) is 89.1 cm³/mol. The number of likely N-dealkylation sites (N-methyl/N-ethyl adjacent to an activating group) is 1. The molecule has 0 aliphatic carbocycles. The summed E-state index contributed by atoms with van der Waals surface area (Å²) in [6.45, 7) is 12.0. The molecule has 21 heavy (non-hydrogen) atoms. The van der Waals surface area contributed by atoms with Gasteiger partial charge in [0.2, 0.25) is 0 Å². The summed E-state index contributed by atoms with van der Waals surface area (Å²) in [6.07, 6.45) is 3.53. The summed E-state index contributed by atoms with van der Waals surface area (Å²) in [5, 5.41) is 8.88. The molecule has 0 saturated carbocycles. The number of nitrogens with zero attached hydrogens (tertiary/aromatic N) is 3. The summed E-state index contributed by atoms with van der Waals surface area (Å²) in [7, 11) is 2.05. The molecular formula is C16H29ClN4. The lowest BCUT2D eigenvalue weighted by atomic mass is 9.89. The quantitative estimate of drug-likeness (QED) is 0.877. The average Bonchev–Trinajstić information content (AvgIpc) is 3.07. The molecule has 0 aromatic carbocycles. The topological polar surface area (TPSA) is 33.1 Å². The molecule has 120 valence electrons. The maximum Gasteiger partial charge on any atom is 0.0847 e. The Morgan fingerprint density at radius 2 is 1.95 bits per heavy atom. The Kier molecular flexibility index (Phi) is 5.33. The smallest absolute Gasteiger partial charge is 0.0847 e. The first-order valence-corrected chi connectivity index (χ1v) is 8.43. The molecule has 1 saturated heterocycles. The van der Waals surface area contributed by atoms with Gasteiger partial charge in [-0.05, 0) is 60.7 Å². The van der Waals surface area contributed by atoms with Gasteiger partial charge in [0.15, 0.2) is 0 Å². The lowest BCUT2D eigenvalue weighted by molar-refractivity contribution is 0.109. The number of aryl methyl sites for hydroxylation is 2. The summed E-state index contributed by atoms with van der Waals surface area (Å²) >= 11 is 6.48. The fourth-order valence-corrected chi connectivity index (χ4v) is 3.69. The molecule has 2 rings (SSSR count). The molecule has 1 atom stereocenters. The van der Waals surface area contributed by atoms with Crippen molar-refractivity contribution >= 4 is 11.6 Å². The van der Waals surface area contributed by atoms with Gasteiger partial charge in [0.1, 0.15) is 0 Å². The van der Waals surface area contributed by atoms with Gasteiger partial charge in [-0.25, -0.2) is 0 Å². The van der Waals surface area contributed by atoms with E-state index in [0.717, 1.165) is 29.4 Å². The van der Waals surface area contributed by atoms with Gasteiger partial charge in [0, 0.05) is 24.5 Å². The molecule has 0 spiro atoms. The third-order valence-corrected chi connectivity index (χ3v) is 5.46. The van der Waals surface area contributed by atoms with Crippen LogP contribution in [0.4, 0.5) is 0 Å². The summed E-state index contributed by atoms with van der Waals surface area (Å²) in [5.41, 5.74) is 2.20. The van der Waals surface area contributed by atoms with E-state index in [9.17, 15) is 0 Å². The van der Waals surface area contributed by atoms with Crippen LogP contribution in [0, 0.1) is 6.92 Å². The van der Waals surface area contributed by atoms with Crippen LogP contribution in [0.15, 0.2) is 0 Å². The van der Waals surface area contributed by atoms with Gasteiger partial charge in [-0.3, -0.25) is 9.58 Å². The molecule has 1 aliphatic rings. The molecule has 1 fully saturated rings. The molecule has 0 radical (unpaired) electrons. The van der Waals surface area contributed by atoms with Crippen LogP contribution in [0.1, 0.15) is 45.0 Å². The van der Waals surface area contributed by atoms with Crippen molar-refractivity contribution < 1.29 is 0 Å². The minimum Gasteiger partial charge on any atom is -0.315 e. The van der Waals surface area contributed by atoms with E-state index in [0.29, 0.717) is 6.04 Å². The van der Waals surface area contributed by atoms with Crippen LogP contribution >= 0.6 is 11.6 Å². The number of hydrogen-bond acceptors (Lipinski definition) is 3. The fourth-order valence-electron chi connectivity index (χ4n) is 3.48. The lowest BCUT2D eigenvalue weighted by Crippen LogP contribution is -2.57. The number of hydrogen-bond donors (Lipinski definition) is 1. The third-order valence-electron chi connectivity index (χ3n) is 4.97. The Hall–Kier alpha value is -0.580. The van der Waals surface area contributed by atoms with Crippen molar-refractivity contribution in [1.29, 1.82) is 0 Å². The standard InChI is InChI=1S/C16H29ClN4/c1-6-21-13(15(17)12(2)19-21)11-14(18-5)16(3,4)20-9-7-8-10-20/h14,18H,6-11H2,1-5H3. The van der Waals surface area contributed by atoms with Crippen molar-refractivity contribution in [3.8, 4) is 0 Å². The molecule has 0 amide bonds. The van der Waals surface area contributed by atoms with Crippen LogP contribution in [0.2, 0.25) is 5.02 Å². The van der Waals surface area contributed by atoms with Gasteiger partial charge in [0.25, 0.3) is 0 Å². The molecule has 0 bridgehead atoms. The van der Waals surface area contributed by atoms with E-state index in [1.807, 2.05) is 11.6 Å². The highest BCUT2D eigenvalue weighted by molar-refractivity contribution is 6.31. The third kappa shape index (κ3) is 3.27. The molecule has 2 heterocycles. The van der Waals surface area contributed by atoms with Gasteiger partial charge >= 0.3 is 0 Å². The van der Waals surface area contributed by atoms with E-state index in [1.165, 1.54) is 25.9 Å². The van der Waals surface area contributed by atoms with E-state index < -0.39 is 0 Å². The molecule has 5 heteroatoms. The minimum absolute atomic E-state index is 0.116. The van der Waals surface area contributed by atoms with Crippen LogP contribution in [0.25, 0.3) is 0 Å². The predicted octanol–water partition coefficient (Wildman–Crippen LogP) is 2.87. The van der Waals surface area contributed by atoms with Gasteiger partial charge in [-0.2, -0.15) is 5.10 Å². The SMILES string of the molecule is CCn1nc(C)c(Cl)c1CC(NC)C(C)(C)N1CCCC1. The van der Waals surface area contributed by atoms with E-state index in [-0.39, 0.29) is 5.54 Å². The van der Waals surface area contributed by atoms with Crippen LogP contribution in [-0.4, -0.2) is 46.4 Å². The Labute approximate surface area is 133 Å². The van der Waals surface area contributed by atoms with Crippen molar-refractivity contribution in [2.45, 2.75) is 65.1 Å². The average molecular weight is 313 g/mol.